The first-order chi connectivity index (χ1) is 12.5. The molecule has 0 spiro atoms. The Hall–Kier alpha value is -2.87. The Bertz CT molecular complexity index is 926. The van der Waals surface area contributed by atoms with Crippen LogP contribution in [0.1, 0.15) is 23.2 Å². The van der Waals surface area contributed by atoms with Crippen LogP contribution in [-0.4, -0.2) is 23.3 Å². The van der Waals surface area contributed by atoms with E-state index in [0.717, 1.165) is 22.3 Å². The number of para-hydroxylation sites is 1. The molecule has 0 bridgehead atoms. The fourth-order valence-electron chi connectivity index (χ4n) is 2.33. The largest absolute Gasteiger partial charge is 0.352 e. The molecule has 134 valence electrons. The van der Waals surface area contributed by atoms with Crippen molar-refractivity contribution in [2.75, 3.05) is 11.9 Å². The van der Waals surface area contributed by atoms with Gasteiger partial charge in [0, 0.05) is 19.0 Å². The molecule has 1 heterocycles. The van der Waals surface area contributed by atoms with E-state index < -0.39 is 17.5 Å². The molecule has 8 heteroatoms. The molecule has 0 unspecified atom stereocenters. The minimum absolute atomic E-state index is 0.183. The SMILES string of the molecule is O=C(CCCNC(=O)c1ccc(F)cc1F)Nc1nc2ccccc2s1. The Morgan fingerprint density at radius 3 is 2.69 bits per heavy atom. The third-order valence-corrected chi connectivity index (χ3v) is 4.53. The summed E-state index contributed by atoms with van der Waals surface area (Å²) in [6.07, 6.45) is 0.563. The lowest BCUT2D eigenvalue weighted by molar-refractivity contribution is -0.116. The Morgan fingerprint density at radius 2 is 1.92 bits per heavy atom. The third-order valence-electron chi connectivity index (χ3n) is 3.58. The maximum absolute atomic E-state index is 13.5. The fourth-order valence-corrected chi connectivity index (χ4v) is 3.21. The number of carbonyl (C=O) groups is 2. The number of rotatable bonds is 6. The summed E-state index contributed by atoms with van der Waals surface area (Å²) >= 11 is 1.38. The molecule has 2 amide bonds. The van der Waals surface area contributed by atoms with Gasteiger partial charge in [-0.05, 0) is 30.7 Å². The van der Waals surface area contributed by atoms with Crippen LogP contribution in [0.5, 0.6) is 0 Å². The lowest BCUT2D eigenvalue weighted by atomic mass is 10.2. The van der Waals surface area contributed by atoms with Crippen molar-refractivity contribution in [2.45, 2.75) is 12.8 Å². The van der Waals surface area contributed by atoms with Gasteiger partial charge in [-0.2, -0.15) is 0 Å². The zero-order valence-electron chi connectivity index (χ0n) is 13.6. The summed E-state index contributed by atoms with van der Waals surface area (Å²) in [4.78, 5) is 28.1. The second-order valence-corrected chi connectivity index (χ2v) is 6.55. The second kappa shape index (κ2) is 8.01. The molecule has 2 aromatic carbocycles. The van der Waals surface area contributed by atoms with E-state index in [4.69, 9.17) is 0 Å². The van der Waals surface area contributed by atoms with Crippen LogP contribution in [0.2, 0.25) is 0 Å². The highest BCUT2D eigenvalue weighted by atomic mass is 32.1. The van der Waals surface area contributed by atoms with E-state index in [0.29, 0.717) is 17.6 Å². The molecule has 0 aliphatic heterocycles. The number of carbonyl (C=O) groups excluding carboxylic acids is 2. The van der Waals surface area contributed by atoms with Crippen LogP contribution in [0.3, 0.4) is 0 Å². The summed E-state index contributed by atoms with van der Waals surface area (Å²) in [5.74, 6) is -2.53. The highest BCUT2D eigenvalue weighted by Gasteiger charge is 2.12. The van der Waals surface area contributed by atoms with Crippen molar-refractivity contribution in [1.82, 2.24) is 10.3 Å². The molecule has 0 atom stereocenters. The molecular weight excluding hydrogens is 360 g/mol. The van der Waals surface area contributed by atoms with Crippen molar-refractivity contribution in [3.8, 4) is 0 Å². The summed E-state index contributed by atoms with van der Waals surface area (Å²) in [6.45, 7) is 0.197. The van der Waals surface area contributed by atoms with E-state index in [1.807, 2.05) is 24.3 Å². The Morgan fingerprint density at radius 1 is 1.12 bits per heavy atom. The lowest BCUT2D eigenvalue weighted by Crippen LogP contribution is -2.26. The van der Waals surface area contributed by atoms with Gasteiger partial charge in [-0.1, -0.05) is 23.5 Å². The maximum atomic E-state index is 13.5. The number of aromatic nitrogens is 1. The van der Waals surface area contributed by atoms with Gasteiger partial charge in [-0.3, -0.25) is 9.59 Å². The van der Waals surface area contributed by atoms with E-state index in [-0.39, 0.29) is 24.4 Å². The molecule has 2 N–H and O–H groups in total. The van der Waals surface area contributed by atoms with E-state index in [2.05, 4.69) is 15.6 Å². The van der Waals surface area contributed by atoms with E-state index in [1.54, 1.807) is 0 Å². The number of hydrogen-bond acceptors (Lipinski definition) is 4. The molecule has 0 aliphatic rings. The van der Waals surface area contributed by atoms with Gasteiger partial charge in [0.1, 0.15) is 11.6 Å². The summed E-state index contributed by atoms with van der Waals surface area (Å²) < 4.78 is 27.3. The van der Waals surface area contributed by atoms with Gasteiger partial charge in [0.15, 0.2) is 5.13 Å². The van der Waals surface area contributed by atoms with Crippen LogP contribution in [0, 0.1) is 11.6 Å². The zero-order valence-corrected chi connectivity index (χ0v) is 14.4. The topological polar surface area (TPSA) is 71.1 Å². The van der Waals surface area contributed by atoms with Crippen molar-refractivity contribution in [2.24, 2.45) is 0 Å². The molecule has 0 saturated heterocycles. The van der Waals surface area contributed by atoms with E-state index >= 15 is 0 Å². The fraction of sp³-hybridized carbons (Fsp3) is 0.167. The highest BCUT2D eigenvalue weighted by molar-refractivity contribution is 7.22. The quantitative estimate of drug-likeness (QED) is 0.645. The van der Waals surface area contributed by atoms with Crippen molar-refractivity contribution in [1.29, 1.82) is 0 Å². The van der Waals surface area contributed by atoms with E-state index in [1.165, 1.54) is 11.3 Å². The molecule has 26 heavy (non-hydrogen) atoms. The lowest BCUT2D eigenvalue weighted by Gasteiger charge is -2.06. The molecule has 3 rings (SSSR count). The molecular formula is C18H15F2N3O2S. The van der Waals surface area contributed by atoms with Crippen LogP contribution >= 0.6 is 11.3 Å². The van der Waals surface area contributed by atoms with Gasteiger partial charge < -0.3 is 10.6 Å². The number of anilines is 1. The smallest absolute Gasteiger partial charge is 0.254 e. The number of nitrogens with one attached hydrogen (secondary N) is 2. The standard InChI is InChI=1S/C18H15F2N3O2S/c19-11-7-8-12(13(20)10-11)17(25)21-9-3-6-16(24)23-18-22-14-4-1-2-5-15(14)26-18/h1-2,4-5,7-8,10H,3,6,9H2,(H,21,25)(H,22,23,24). The average Bonchev–Trinajstić information content (AvgIpc) is 3.00. The summed E-state index contributed by atoms with van der Waals surface area (Å²) in [5.41, 5.74) is 0.590. The van der Waals surface area contributed by atoms with Gasteiger partial charge in [-0.15, -0.1) is 0 Å². The van der Waals surface area contributed by atoms with Crippen molar-refractivity contribution >= 4 is 38.5 Å². The van der Waals surface area contributed by atoms with Gasteiger partial charge in [-0.25, -0.2) is 13.8 Å². The molecule has 0 radical (unpaired) electrons. The molecule has 3 aromatic rings. The number of fused-ring (bicyclic) bond motifs is 1. The summed E-state index contributed by atoms with van der Waals surface area (Å²) in [7, 11) is 0. The first kappa shape index (κ1) is 17.9. The molecule has 0 fully saturated rings. The minimum Gasteiger partial charge on any atom is -0.352 e. The predicted molar refractivity (Wildman–Crippen MR) is 96.2 cm³/mol. The average molecular weight is 375 g/mol. The number of hydrogen-bond donors (Lipinski definition) is 2. The molecule has 5 nitrogen and oxygen atoms in total. The predicted octanol–water partition coefficient (Wildman–Crippen LogP) is 3.72. The monoisotopic (exact) mass is 375 g/mol. The van der Waals surface area contributed by atoms with Crippen molar-refractivity contribution in [3.63, 3.8) is 0 Å². The first-order valence-corrected chi connectivity index (χ1v) is 8.73. The van der Waals surface area contributed by atoms with Gasteiger partial charge in [0.2, 0.25) is 5.91 Å². The Labute approximate surface area is 152 Å². The zero-order chi connectivity index (χ0) is 18.5. The van der Waals surface area contributed by atoms with E-state index in [9.17, 15) is 18.4 Å². The summed E-state index contributed by atoms with van der Waals surface area (Å²) in [6, 6.07) is 10.3. The molecule has 0 saturated carbocycles. The van der Waals surface area contributed by atoms with Gasteiger partial charge in [0.25, 0.3) is 5.91 Å². The van der Waals surface area contributed by atoms with Crippen molar-refractivity contribution in [3.05, 3.63) is 59.7 Å². The highest BCUT2D eigenvalue weighted by Crippen LogP contribution is 2.25. The number of nitrogens with zero attached hydrogens (tertiary/aromatic N) is 1. The minimum atomic E-state index is -0.920. The van der Waals surface area contributed by atoms with Crippen LogP contribution in [0.4, 0.5) is 13.9 Å². The normalized spacial score (nSPS) is 10.7. The number of benzene rings is 2. The van der Waals surface area contributed by atoms with Crippen LogP contribution < -0.4 is 10.6 Å². The third kappa shape index (κ3) is 4.40. The first-order valence-electron chi connectivity index (χ1n) is 7.91. The Balaban J connectivity index is 1.44. The number of amides is 2. The maximum Gasteiger partial charge on any atom is 0.254 e. The van der Waals surface area contributed by atoms with Gasteiger partial charge in [0.05, 0.1) is 15.8 Å². The number of thiazole rings is 1. The van der Waals surface area contributed by atoms with Crippen molar-refractivity contribution < 1.29 is 18.4 Å². The van der Waals surface area contributed by atoms with Crippen LogP contribution in [0.15, 0.2) is 42.5 Å². The van der Waals surface area contributed by atoms with Crippen LogP contribution in [-0.2, 0) is 4.79 Å². The second-order valence-electron chi connectivity index (χ2n) is 5.52. The van der Waals surface area contributed by atoms with Crippen LogP contribution in [0.25, 0.3) is 10.2 Å². The number of halogens is 2. The molecule has 1 aromatic heterocycles. The Kier molecular flexibility index (Phi) is 5.52. The molecule has 0 aliphatic carbocycles. The van der Waals surface area contributed by atoms with Gasteiger partial charge >= 0.3 is 0 Å². The summed E-state index contributed by atoms with van der Waals surface area (Å²) in [5, 5.41) is 5.75.